The van der Waals surface area contributed by atoms with Crippen molar-refractivity contribution >= 4 is 5.69 Å². The van der Waals surface area contributed by atoms with Crippen molar-refractivity contribution in [1.29, 1.82) is 0 Å². The van der Waals surface area contributed by atoms with Gasteiger partial charge in [0.05, 0.1) is 4.92 Å². The Kier molecular flexibility index (Phi) is 3.28. The first-order chi connectivity index (χ1) is 8.13. The van der Waals surface area contributed by atoms with Gasteiger partial charge in [-0.3, -0.25) is 10.1 Å². The van der Waals surface area contributed by atoms with Gasteiger partial charge in [-0.25, -0.2) is 4.68 Å². The summed E-state index contributed by atoms with van der Waals surface area (Å²) in [7, 11) is 1.67. The van der Waals surface area contributed by atoms with Gasteiger partial charge < -0.3 is 10.1 Å². The Morgan fingerprint density at radius 3 is 2.82 bits per heavy atom. The minimum Gasteiger partial charge on any atom is -0.467 e. The summed E-state index contributed by atoms with van der Waals surface area (Å²) < 4.78 is 7.06. The summed E-state index contributed by atoms with van der Waals surface area (Å²) in [5, 5.41) is 18.3. The van der Waals surface area contributed by atoms with Crippen LogP contribution in [0.3, 0.4) is 0 Å². The van der Waals surface area contributed by atoms with Gasteiger partial charge in [-0.15, -0.1) is 0 Å². The Morgan fingerprint density at radius 2 is 2.35 bits per heavy atom. The predicted molar refractivity (Wildman–Crippen MR) is 61.1 cm³/mol. The summed E-state index contributed by atoms with van der Waals surface area (Å²) in [6, 6.07) is 0. The van der Waals surface area contributed by atoms with Crippen LogP contribution in [0.1, 0.15) is 19.0 Å². The van der Waals surface area contributed by atoms with E-state index < -0.39 is 4.92 Å². The fourth-order valence-electron chi connectivity index (χ4n) is 1.77. The number of nitro groups is 1. The number of nitrogens with one attached hydrogen (secondary N) is 1. The zero-order valence-corrected chi connectivity index (χ0v) is 9.97. The van der Waals surface area contributed by atoms with Crippen LogP contribution in [0.4, 0.5) is 5.69 Å². The molecule has 2 rings (SSSR count). The molecule has 7 nitrogen and oxygen atoms in total. The van der Waals surface area contributed by atoms with E-state index in [9.17, 15) is 10.1 Å². The van der Waals surface area contributed by atoms with E-state index in [1.165, 1.54) is 4.68 Å². The molecule has 1 aromatic heterocycles. The molecule has 0 unspecified atom stereocenters. The van der Waals surface area contributed by atoms with Crippen LogP contribution in [0.5, 0.6) is 5.88 Å². The zero-order valence-electron chi connectivity index (χ0n) is 9.97. The fourth-order valence-corrected chi connectivity index (χ4v) is 1.77. The number of aryl methyl sites for hydroxylation is 2. The second-order valence-corrected chi connectivity index (χ2v) is 4.13. The van der Waals surface area contributed by atoms with Gasteiger partial charge in [0.15, 0.2) is 0 Å². The summed E-state index contributed by atoms with van der Waals surface area (Å²) in [5.41, 5.74) is 0.517. The smallest absolute Gasteiger partial charge is 0.353 e. The molecule has 0 amide bonds. The predicted octanol–water partition coefficient (Wildman–Crippen LogP) is 0.631. The molecule has 0 bridgehead atoms. The molecule has 1 N–H and O–H groups in total. The Hall–Kier alpha value is -1.63. The van der Waals surface area contributed by atoms with Crippen LogP contribution in [-0.4, -0.2) is 33.9 Å². The van der Waals surface area contributed by atoms with Crippen LogP contribution in [0, 0.1) is 10.1 Å². The monoisotopic (exact) mass is 240 g/mol. The van der Waals surface area contributed by atoms with Gasteiger partial charge in [-0.2, -0.15) is 5.10 Å². The lowest BCUT2D eigenvalue weighted by Crippen LogP contribution is -2.50. The first kappa shape index (κ1) is 11.8. The second-order valence-electron chi connectivity index (χ2n) is 4.13. The van der Waals surface area contributed by atoms with Crippen molar-refractivity contribution in [1.82, 2.24) is 15.1 Å². The number of rotatable bonds is 5. The highest BCUT2D eigenvalue weighted by molar-refractivity contribution is 5.46. The molecule has 94 valence electrons. The molecule has 0 aromatic carbocycles. The third-order valence-electron chi connectivity index (χ3n) is 2.73. The highest BCUT2D eigenvalue weighted by atomic mass is 16.6. The Bertz CT molecular complexity index is 425. The van der Waals surface area contributed by atoms with E-state index in [2.05, 4.69) is 10.4 Å². The highest BCUT2D eigenvalue weighted by Crippen LogP contribution is 2.32. The zero-order chi connectivity index (χ0) is 12.4. The van der Waals surface area contributed by atoms with E-state index in [0.717, 1.165) is 19.5 Å². The molecule has 0 aliphatic carbocycles. The number of hydrogen-bond donors (Lipinski definition) is 1. The van der Waals surface area contributed by atoms with Gasteiger partial charge in [0.1, 0.15) is 11.8 Å². The number of nitrogens with zero attached hydrogens (tertiary/aromatic N) is 3. The van der Waals surface area contributed by atoms with Crippen LogP contribution < -0.4 is 10.1 Å². The molecule has 1 aliphatic rings. The minimum absolute atomic E-state index is 0.0126. The van der Waals surface area contributed by atoms with E-state index in [1.807, 2.05) is 6.92 Å². The molecule has 0 radical (unpaired) electrons. The van der Waals surface area contributed by atoms with E-state index in [0.29, 0.717) is 12.1 Å². The van der Waals surface area contributed by atoms with Gasteiger partial charge in [-0.1, -0.05) is 13.3 Å². The highest BCUT2D eigenvalue weighted by Gasteiger charge is 2.31. The van der Waals surface area contributed by atoms with Crippen molar-refractivity contribution in [2.24, 2.45) is 7.05 Å². The largest absolute Gasteiger partial charge is 0.467 e. The van der Waals surface area contributed by atoms with Gasteiger partial charge in [-0.05, 0) is 6.42 Å². The van der Waals surface area contributed by atoms with Crippen molar-refractivity contribution in [3.8, 4) is 5.88 Å². The summed E-state index contributed by atoms with van der Waals surface area (Å²) >= 11 is 0. The lowest BCUT2D eigenvalue weighted by molar-refractivity contribution is -0.386. The molecule has 0 spiro atoms. The maximum Gasteiger partial charge on any atom is 0.353 e. The topological polar surface area (TPSA) is 82.2 Å². The first-order valence-corrected chi connectivity index (χ1v) is 5.71. The molecular weight excluding hydrogens is 224 g/mol. The molecule has 17 heavy (non-hydrogen) atoms. The second kappa shape index (κ2) is 4.70. The number of hydrogen-bond acceptors (Lipinski definition) is 5. The quantitative estimate of drug-likeness (QED) is 0.603. The van der Waals surface area contributed by atoms with E-state index in [4.69, 9.17) is 4.74 Å². The van der Waals surface area contributed by atoms with Crippen LogP contribution in [0.25, 0.3) is 0 Å². The lowest BCUT2D eigenvalue weighted by Gasteiger charge is -2.27. The van der Waals surface area contributed by atoms with Crippen molar-refractivity contribution < 1.29 is 9.66 Å². The average molecular weight is 240 g/mol. The molecule has 2 heterocycles. The van der Waals surface area contributed by atoms with Crippen molar-refractivity contribution in [2.75, 3.05) is 13.1 Å². The van der Waals surface area contributed by atoms with Crippen LogP contribution >= 0.6 is 0 Å². The Labute approximate surface area is 98.9 Å². The molecule has 7 heteroatoms. The van der Waals surface area contributed by atoms with Crippen molar-refractivity contribution in [2.45, 2.75) is 25.9 Å². The van der Waals surface area contributed by atoms with Crippen LogP contribution in [0.2, 0.25) is 0 Å². The average Bonchev–Trinajstić information content (AvgIpc) is 2.49. The van der Waals surface area contributed by atoms with Gasteiger partial charge in [0.2, 0.25) is 0 Å². The standard InChI is InChI=1S/C10H16N4O3/c1-3-4-8-9(14(15)16)10(13(2)12-8)17-7-5-11-6-7/h7,11H,3-6H2,1-2H3. The molecule has 0 atom stereocenters. The van der Waals surface area contributed by atoms with E-state index >= 15 is 0 Å². The van der Waals surface area contributed by atoms with Crippen molar-refractivity contribution in [3.05, 3.63) is 15.8 Å². The number of aromatic nitrogens is 2. The third kappa shape index (κ3) is 2.23. The summed E-state index contributed by atoms with van der Waals surface area (Å²) in [6.07, 6.45) is 1.43. The maximum absolute atomic E-state index is 11.1. The van der Waals surface area contributed by atoms with Crippen LogP contribution in [-0.2, 0) is 13.5 Å². The summed E-state index contributed by atoms with van der Waals surface area (Å²) in [4.78, 5) is 10.7. The minimum atomic E-state index is -0.403. The Balaban J connectivity index is 2.30. The van der Waals surface area contributed by atoms with Crippen LogP contribution in [0.15, 0.2) is 0 Å². The Morgan fingerprint density at radius 1 is 1.65 bits per heavy atom. The maximum atomic E-state index is 11.1. The molecule has 1 aromatic rings. The molecule has 1 fully saturated rings. The summed E-state index contributed by atoms with van der Waals surface area (Å²) in [6.45, 7) is 3.42. The first-order valence-electron chi connectivity index (χ1n) is 5.71. The summed E-state index contributed by atoms with van der Waals surface area (Å²) in [5.74, 6) is 0.268. The fraction of sp³-hybridized carbons (Fsp3) is 0.700. The number of ether oxygens (including phenoxy) is 1. The lowest BCUT2D eigenvalue weighted by atomic mass is 10.2. The van der Waals surface area contributed by atoms with Crippen molar-refractivity contribution in [3.63, 3.8) is 0 Å². The van der Waals surface area contributed by atoms with Gasteiger partial charge in [0.25, 0.3) is 5.88 Å². The molecule has 0 saturated carbocycles. The van der Waals surface area contributed by atoms with E-state index in [-0.39, 0.29) is 17.7 Å². The normalized spacial score (nSPS) is 15.6. The molecule has 1 aliphatic heterocycles. The van der Waals surface area contributed by atoms with E-state index in [1.54, 1.807) is 7.05 Å². The van der Waals surface area contributed by atoms with Gasteiger partial charge in [0, 0.05) is 20.1 Å². The molecular formula is C10H16N4O3. The third-order valence-corrected chi connectivity index (χ3v) is 2.73. The molecule has 1 saturated heterocycles. The van der Waals surface area contributed by atoms with Gasteiger partial charge >= 0.3 is 5.69 Å². The SMILES string of the molecule is CCCc1nn(C)c(OC2CNC2)c1[N+](=O)[O-].